The number of hydrogen-bond acceptors (Lipinski definition) is 7. The Morgan fingerprint density at radius 2 is 1.60 bits per heavy atom. The zero-order valence-corrected chi connectivity index (χ0v) is 15.2. The van der Waals surface area contributed by atoms with Crippen molar-refractivity contribution in [2.24, 2.45) is 0 Å². The van der Waals surface area contributed by atoms with Crippen LogP contribution in [0.4, 0.5) is 0 Å². The number of ether oxygens (including phenoxy) is 7. The first-order chi connectivity index (χ1) is 12.1. The third-order valence-electron chi connectivity index (χ3n) is 3.91. The second-order valence-electron chi connectivity index (χ2n) is 6.39. The number of fused-ring (bicyclic) bond motifs is 1. The lowest BCUT2D eigenvalue weighted by atomic mass is 10.0. The van der Waals surface area contributed by atoms with Crippen molar-refractivity contribution in [2.75, 3.05) is 59.5 Å². The first kappa shape index (κ1) is 20.6. The molecule has 0 radical (unpaired) electrons. The van der Waals surface area contributed by atoms with Crippen LogP contribution in [0.3, 0.4) is 0 Å². The first-order valence-corrected chi connectivity index (χ1v) is 8.84. The highest BCUT2D eigenvalue weighted by atomic mass is 16.8. The van der Waals surface area contributed by atoms with Gasteiger partial charge in [-0.2, -0.15) is 0 Å². The second kappa shape index (κ2) is 11.1. The molecule has 0 amide bonds. The molecule has 25 heavy (non-hydrogen) atoms. The molecule has 2 heterocycles. The van der Waals surface area contributed by atoms with Crippen LogP contribution in [0, 0.1) is 12.3 Å². The Morgan fingerprint density at radius 1 is 0.960 bits per heavy atom. The van der Waals surface area contributed by atoms with Gasteiger partial charge in [0.05, 0.1) is 52.4 Å². The minimum Gasteiger partial charge on any atom is -0.377 e. The largest absolute Gasteiger partial charge is 0.377 e. The van der Waals surface area contributed by atoms with Crippen molar-refractivity contribution in [3.63, 3.8) is 0 Å². The average Bonchev–Trinajstić information content (AvgIpc) is 2.90. The topological polar surface area (TPSA) is 64.6 Å². The van der Waals surface area contributed by atoms with Gasteiger partial charge in [0.25, 0.3) is 0 Å². The van der Waals surface area contributed by atoms with Crippen molar-refractivity contribution in [1.29, 1.82) is 0 Å². The van der Waals surface area contributed by atoms with E-state index in [0.29, 0.717) is 59.5 Å². The molecule has 7 nitrogen and oxygen atoms in total. The lowest BCUT2D eigenvalue weighted by molar-refractivity contribution is -0.160. The Kier molecular flexibility index (Phi) is 9.13. The minimum atomic E-state index is -0.545. The van der Waals surface area contributed by atoms with E-state index in [0.717, 1.165) is 6.42 Å². The van der Waals surface area contributed by atoms with Crippen molar-refractivity contribution in [1.82, 2.24) is 0 Å². The van der Waals surface area contributed by atoms with E-state index in [1.54, 1.807) is 0 Å². The van der Waals surface area contributed by atoms with Gasteiger partial charge < -0.3 is 33.2 Å². The predicted molar refractivity (Wildman–Crippen MR) is 90.3 cm³/mol. The Hall–Kier alpha value is -0.720. The summed E-state index contributed by atoms with van der Waals surface area (Å²) in [6, 6.07) is 0. The van der Waals surface area contributed by atoms with Crippen LogP contribution < -0.4 is 0 Å². The SMILES string of the molecule is C#CCOCCOCCOCCOCC1OCCC2OC(C)(C)OC12. The molecule has 0 aromatic carbocycles. The van der Waals surface area contributed by atoms with E-state index >= 15 is 0 Å². The lowest BCUT2D eigenvalue weighted by Crippen LogP contribution is -2.45. The second-order valence-corrected chi connectivity index (χ2v) is 6.39. The molecule has 0 aromatic rings. The lowest BCUT2D eigenvalue weighted by Gasteiger charge is -2.31. The molecule has 3 atom stereocenters. The highest BCUT2D eigenvalue weighted by molar-refractivity contribution is 4.90. The van der Waals surface area contributed by atoms with Gasteiger partial charge in [0.15, 0.2) is 5.79 Å². The van der Waals surface area contributed by atoms with Crippen LogP contribution in [-0.4, -0.2) is 83.6 Å². The molecule has 2 saturated heterocycles. The van der Waals surface area contributed by atoms with Crippen molar-refractivity contribution >= 4 is 0 Å². The van der Waals surface area contributed by atoms with Gasteiger partial charge in [0, 0.05) is 6.61 Å². The predicted octanol–water partition coefficient (Wildman–Crippen LogP) is 0.995. The van der Waals surface area contributed by atoms with Crippen molar-refractivity contribution < 1.29 is 33.2 Å². The molecule has 0 bridgehead atoms. The van der Waals surface area contributed by atoms with E-state index in [9.17, 15) is 0 Å². The molecule has 0 spiro atoms. The van der Waals surface area contributed by atoms with E-state index in [4.69, 9.17) is 39.6 Å². The van der Waals surface area contributed by atoms with Gasteiger partial charge >= 0.3 is 0 Å². The summed E-state index contributed by atoms with van der Waals surface area (Å²) in [6.45, 7) is 8.41. The van der Waals surface area contributed by atoms with Crippen molar-refractivity contribution in [3.8, 4) is 12.3 Å². The van der Waals surface area contributed by atoms with Crippen LogP contribution in [0.5, 0.6) is 0 Å². The Labute approximate surface area is 150 Å². The van der Waals surface area contributed by atoms with Crippen LogP contribution in [0.25, 0.3) is 0 Å². The third kappa shape index (κ3) is 7.59. The summed E-state index contributed by atoms with van der Waals surface area (Å²) >= 11 is 0. The van der Waals surface area contributed by atoms with E-state index in [1.807, 2.05) is 13.8 Å². The zero-order chi connectivity index (χ0) is 18.0. The van der Waals surface area contributed by atoms with Gasteiger partial charge in [-0.05, 0) is 20.3 Å². The number of terminal acetylenes is 1. The highest BCUT2D eigenvalue weighted by Crippen LogP contribution is 2.35. The van der Waals surface area contributed by atoms with E-state index in [2.05, 4.69) is 5.92 Å². The standard InChI is InChI=1S/C18H30O7/c1-4-6-19-8-9-20-10-11-21-12-13-22-14-16-17-15(5-7-23-16)24-18(2,3)25-17/h1,15-17H,5-14H2,2-3H3. The summed E-state index contributed by atoms with van der Waals surface area (Å²) in [5.41, 5.74) is 0. The van der Waals surface area contributed by atoms with E-state index in [1.165, 1.54) is 0 Å². The van der Waals surface area contributed by atoms with Crippen LogP contribution >= 0.6 is 0 Å². The normalized spacial score (nSPS) is 27.8. The highest BCUT2D eigenvalue weighted by Gasteiger charge is 2.47. The third-order valence-corrected chi connectivity index (χ3v) is 3.91. The molecule has 2 aliphatic rings. The average molecular weight is 358 g/mol. The number of rotatable bonds is 12. The molecule has 0 saturated carbocycles. The molecular formula is C18H30O7. The fourth-order valence-corrected chi connectivity index (χ4v) is 2.86. The molecule has 3 unspecified atom stereocenters. The van der Waals surface area contributed by atoms with Gasteiger partial charge in [-0.1, -0.05) is 5.92 Å². The van der Waals surface area contributed by atoms with E-state index < -0.39 is 5.79 Å². The van der Waals surface area contributed by atoms with E-state index in [-0.39, 0.29) is 18.3 Å². The van der Waals surface area contributed by atoms with Gasteiger partial charge in [-0.3, -0.25) is 0 Å². The minimum absolute atomic E-state index is 0.0604. The molecule has 7 heteroatoms. The van der Waals surface area contributed by atoms with Gasteiger partial charge in [-0.25, -0.2) is 0 Å². The maximum absolute atomic E-state index is 5.93. The smallest absolute Gasteiger partial charge is 0.163 e. The fraction of sp³-hybridized carbons (Fsp3) is 0.889. The maximum atomic E-state index is 5.93. The van der Waals surface area contributed by atoms with Gasteiger partial charge in [0.1, 0.15) is 18.8 Å². The summed E-state index contributed by atoms with van der Waals surface area (Å²) in [5, 5.41) is 0. The Bertz CT molecular complexity index is 407. The summed E-state index contributed by atoms with van der Waals surface area (Å²) in [7, 11) is 0. The number of hydrogen-bond donors (Lipinski definition) is 0. The molecule has 0 aliphatic carbocycles. The van der Waals surface area contributed by atoms with Crippen molar-refractivity contribution in [2.45, 2.75) is 44.4 Å². The molecule has 0 aromatic heterocycles. The monoisotopic (exact) mass is 358 g/mol. The quantitative estimate of drug-likeness (QED) is 0.381. The summed E-state index contributed by atoms with van der Waals surface area (Å²) < 4.78 is 39.1. The van der Waals surface area contributed by atoms with Gasteiger partial charge in [-0.15, -0.1) is 6.42 Å². The maximum Gasteiger partial charge on any atom is 0.163 e. The first-order valence-electron chi connectivity index (χ1n) is 8.84. The Morgan fingerprint density at radius 3 is 2.28 bits per heavy atom. The van der Waals surface area contributed by atoms with Crippen LogP contribution in [0.15, 0.2) is 0 Å². The van der Waals surface area contributed by atoms with Crippen molar-refractivity contribution in [3.05, 3.63) is 0 Å². The molecule has 144 valence electrons. The van der Waals surface area contributed by atoms with Gasteiger partial charge in [0.2, 0.25) is 0 Å². The summed E-state index contributed by atoms with van der Waals surface area (Å²) in [5.74, 6) is 1.85. The Balaban J connectivity index is 1.44. The fourth-order valence-electron chi connectivity index (χ4n) is 2.86. The molecular weight excluding hydrogens is 328 g/mol. The zero-order valence-electron chi connectivity index (χ0n) is 15.2. The molecule has 0 N–H and O–H groups in total. The molecule has 2 aliphatic heterocycles. The summed E-state index contributed by atoms with van der Waals surface area (Å²) in [6.07, 6.45) is 5.87. The van der Waals surface area contributed by atoms with Crippen LogP contribution in [-0.2, 0) is 33.2 Å². The van der Waals surface area contributed by atoms with Crippen LogP contribution in [0.1, 0.15) is 20.3 Å². The molecule has 2 rings (SSSR count). The summed E-state index contributed by atoms with van der Waals surface area (Å²) in [4.78, 5) is 0. The molecule has 2 fully saturated rings. The van der Waals surface area contributed by atoms with Crippen LogP contribution in [0.2, 0.25) is 0 Å².